The molecule has 0 spiro atoms. The lowest BCUT2D eigenvalue weighted by atomic mass is 10.2. The lowest BCUT2D eigenvalue weighted by molar-refractivity contribution is 0.0293. The summed E-state index contributed by atoms with van der Waals surface area (Å²) in [5.41, 5.74) is 1.23. The van der Waals surface area contributed by atoms with Gasteiger partial charge in [0.15, 0.2) is 11.5 Å². The Morgan fingerprint density at radius 1 is 1.05 bits per heavy atom. The third kappa shape index (κ3) is 6.51. The van der Waals surface area contributed by atoms with Crippen molar-refractivity contribution < 1.29 is 28.9 Å². The third-order valence-electron chi connectivity index (χ3n) is 6.60. The second kappa shape index (κ2) is 11.4. The molecule has 214 valence electrons. The Balaban J connectivity index is 1.45. The summed E-state index contributed by atoms with van der Waals surface area (Å²) in [6.07, 6.45) is 2.03. The molecule has 1 aliphatic heterocycles. The van der Waals surface area contributed by atoms with Gasteiger partial charge in [-0.05, 0) is 69.2 Å². The summed E-state index contributed by atoms with van der Waals surface area (Å²) in [6.45, 7) is 7.04. The van der Waals surface area contributed by atoms with Gasteiger partial charge >= 0.3 is 12.1 Å². The zero-order valence-electron chi connectivity index (χ0n) is 23.5. The van der Waals surface area contributed by atoms with Gasteiger partial charge in [0.05, 0.1) is 19.2 Å². The van der Waals surface area contributed by atoms with Gasteiger partial charge in [0.2, 0.25) is 0 Å². The van der Waals surface area contributed by atoms with Gasteiger partial charge in [-0.3, -0.25) is 0 Å². The molecule has 11 heteroatoms. The van der Waals surface area contributed by atoms with Gasteiger partial charge in [0.25, 0.3) is 0 Å². The molecule has 0 radical (unpaired) electrons. The van der Waals surface area contributed by atoms with Crippen LogP contribution in [0.5, 0.6) is 17.2 Å². The number of amides is 1. The number of rotatable bonds is 8. The molecular weight excluding hydrogens is 526 g/mol. The first-order chi connectivity index (χ1) is 19.6. The van der Waals surface area contributed by atoms with E-state index in [0.717, 1.165) is 17.7 Å². The molecule has 11 nitrogen and oxygen atoms in total. The van der Waals surface area contributed by atoms with Crippen LogP contribution in [0, 0.1) is 0 Å². The molecule has 41 heavy (non-hydrogen) atoms. The molecular formula is C30H33N5O6. The second-order valence-corrected chi connectivity index (χ2v) is 10.8. The van der Waals surface area contributed by atoms with Crippen LogP contribution in [0.4, 0.5) is 10.6 Å². The summed E-state index contributed by atoms with van der Waals surface area (Å²) in [5.74, 6) is 1.33. The third-order valence-corrected chi connectivity index (χ3v) is 6.60. The molecule has 1 fully saturated rings. The van der Waals surface area contributed by atoms with Gasteiger partial charge in [-0.1, -0.05) is 12.1 Å². The predicted octanol–water partition coefficient (Wildman–Crippen LogP) is 5.40. The number of carboxylic acids is 1. The van der Waals surface area contributed by atoms with Crippen LogP contribution in [-0.2, 0) is 11.3 Å². The van der Waals surface area contributed by atoms with E-state index in [2.05, 4.69) is 10.3 Å². The number of carbonyl (C=O) groups excluding carboxylic acids is 1. The van der Waals surface area contributed by atoms with Gasteiger partial charge in [0, 0.05) is 31.4 Å². The number of hydrogen-bond acceptors (Lipinski definition) is 8. The molecule has 2 N–H and O–H groups in total. The second-order valence-electron chi connectivity index (χ2n) is 10.8. The molecule has 1 saturated heterocycles. The molecule has 5 rings (SSSR count). The number of carboxylic acid groups (broad SMARTS) is 1. The fourth-order valence-corrected chi connectivity index (χ4v) is 4.63. The average Bonchev–Trinajstić information content (AvgIpc) is 3.54. The smallest absolute Gasteiger partial charge is 0.410 e. The van der Waals surface area contributed by atoms with E-state index in [9.17, 15) is 14.7 Å². The molecule has 1 atom stereocenters. The maximum Gasteiger partial charge on any atom is 0.410 e. The first-order valence-electron chi connectivity index (χ1n) is 13.3. The van der Waals surface area contributed by atoms with Gasteiger partial charge < -0.3 is 29.5 Å². The summed E-state index contributed by atoms with van der Waals surface area (Å²) < 4.78 is 18.9. The summed E-state index contributed by atoms with van der Waals surface area (Å²) in [5, 5.41) is 18.3. The van der Waals surface area contributed by atoms with Crippen molar-refractivity contribution in [2.24, 2.45) is 0 Å². The number of hydrogen-bond donors (Lipinski definition) is 2. The van der Waals surface area contributed by atoms with Gasteiger partial charge in [-0.15, -0.1) is 0 Å². The summed E-state index contributed by atoms with van der Waals surface area (Å²) in [4.78, 5) is 30.2. The number of aromatic carboxylic acids is 1. The zero-order chi connectivity index (χ0) is 29.1. The molecule has 2 aromatic heterocycles. The first-order valence-corrected chi connectivity index (χ1v) is 13.3. The van der Waals surface area contributed by atoms with Gasteiger partial charge in [0.1, 0.15) is 28.2 Å². The highest BCUT2D eigenvalue weighted by Gasteiger charge is 2.31. The zero-order valence-corrected chi connectivity index (χ0v) is 23.5. The number of fused-ring (bicyclic) bond motifs is 1. The molecule has 0 aliphatic carbocycles. The Morgan fingerprint density at radius 2 is 1.76 bits per heavy atom. The van der Waals surface area contributed by atoms with Crippen molar-refractivity contribution in [2.75, 3.05) is 25.5 Å². The number of aromatic nitrogens is 3. The van der Waals surface area contributed by atoms with Crippen molar-refractivity contribution in [3.63, 3.8) is 0 Å². The van der Waals surface area contributed by atoms with E-state index in [0.29, 0.717) is 48.0 Å². The monoisotopic (exact) mass is 559 g/mol. The number of carbonyl (C=O) groups is 2. The number of nitrogens with one attached hydrogen (secondary N) is 1. The van der Waals surface area contributed by atoms with Crippen molar-refractivity contribution in [3.05, 3.63) is 71.9 Å². The summed E-state index contributed by atoms with van der Waals surface area (Å²) in [7, 11) is 1.63. The van der Waals surface area contributed by atoms with E-state index in [1.54, 1.807) is 41.1 Å². The van der Waals surface area contributed by atoms with Crippen LogP contribution in [0.25, 0.3) is 11.0 Å². The SMILES string of the molecule is COc1ccc(Cn2nc(NC3CCN(C(=O)OC(C)(C)C)C3)c3c(Oc4ccc(C(=O)O)cc4)ccnc32)cc1. The predicted molar refractivity (Wildman–Crippen MR) is 153 cm³/mol. The Kier molecular flexibility index (Phi) is 7.69. The fourth-order valence-electron chi connectivity index (χ4n) is 4.63. The molecule has 0 bridgehead atoms. The van der Waals surface area contributed by atoms with E-state index in [-0.39, 0.29) is 17.7 Å². The van der Waals surface area contributed by atoms with E-state index in [4.69, 9.17) is 19.3 Å². The largest absolute Gasteiger partial charge is 0.497 e. The maximum absolute atomic E-state index is 12.6. The molecule has 1 unspecified atom stereocenters. The minimum atomic E-state index is -1.01. The van der Waals surface area contributed by atoms with E-state index in [1.165, 1.54) is 12.1 Å². The number of nitrogens with zero attached hydrogens (tertiary/aromatic N) is 4. The molecule has 3 heterocycles. The maximum atomic E-state index is 12.6. The van der Waals surface area contributed by atoms with Crippen molar-refractivity contribution >= 4 is 28.9 Å². The molecule has 1 aliphatic rings. The van der Waals surface area contributed by atoms with Crippen molar-refractivity contribution in [3.8, 4) is 17.2 Å². The summed E-state index contributed by atoms with van der Waals surface area (Å²) >= 11 is 0. The molecule has 2 aromatic carbocycles. The fraction of sp³-hybridized carbons (Fsp3) is 0.333. The van der Waals surface area contributed by atoms with Crippen LogP contribution < -0.4 is 14.8 Å². The van der Waals surface area contributed by atoms with Crippen LogP contribution in [0.1, 0.15) is 43.1 Å². The highest BCUT2D eigenvalue weighted by molar-refractivity contribution is 5.94. The van der Waals surface area contributed by atoms with Crippen LogP contribution in [-0.4, -0.2) is 68.7 Å². The minimum Gasteiger partial charge on any atom is -0.497 e. The number of methoxy groups -OCH3 is 1. The minimum absolute atomic E-state index is 0.0574. The number of benzene rings is 2. The lowest BCUT2D eigenvalue weighted by Crippen LogP contribution is -2.36. The molecule has 1 amide bonds. The Bertz CT molecular complexity index is 1540. The quantitative estimate of drug-likeness (QED) is 0.292. The Morgan fingerprint density at radius 3 is 2.41 bits per heavy atom. The van der Waals surface area contributed by atoms with Crippen LogP contribution in [0.3, 0.4) is 0 Å². The molecule has 0 saturated carbocycles. The highest BCUT2D eigenvalue weighted by Crippen LogP contribution is 2.35. The van der Waals surface area contributed by atoms with Crippen LogP contribution in [0.15, 0.2) is 60.8 Å². The number of ether oxygens (including phenoxy) is 3. The highest BCUT2D eigenvalue weighted by atomic mass is 16.6. The number of anilines is 1. The van der Waals surface area contributed by atoms with Crippen molar-refractivity contribution in [2.45, 2.75) is 45.4 Å². The van der Waals surface area contributed by atoms with Crippen LogP contribution in [0.2, 0.25) is 0 Å². The van der Waals surface area contributed by atoms with E-state index >= 15 is 0 Å². The standard InChI is InChI=1S/C30H33N5O6/c1-30(2,3)41-29(38)34-16-14-21(18-34)32-26-25-24(40-23-11-7-20(8-12-23)28(36)37)13-15-31-27(25)35(33-26)17-19-5-9-22(39-4)10-6-19/h5-13,15,21H,14,16-18H2,1-4H3,(H,32,33)(H,36,37). The van der Waals surface area contributed by atoms with E-state index in [1.807, 2.05) is 45.0 Å². The Labute approximate surface area is 237 Å². The van der Waals surface area contributed by atoms with Gasteiger partial charge in [-0.2, -0.15) is 5.10 Å². The number of likely N-dealkylation sites (tertiary alicyclic amines) is 1. The van der Waals surface area contributed by atoms with Crippen molar-refractivity contribution in [1.29, 1.82) is 0 Å². The Hall–Kier alpha value is -4.80. The van der Waals surface area contributed by atoms with Gasteiger partial charge in [-0.25, -0.2) is 19.3 Å². The topological polar surface area (TPSA) is 128 Å². The van der Waals surface area contributed by atoms with E-state index < -0.39 is 11.6 Å². The number of pyridine rings is 1. The summed E-state index contributed by atoms with van der Waals surface area (Å²) in [6, 6.07) is 15.6. The molecule has 4 aromatic rings. The average molecular weight is 560 g/mol. The van der Waals surface area contributed by atoms with Crippen LogP contribution >= 0.6 is 0 Å². The first kappa shape index (κ1) is 27.8. The van der Waals surface area contributed by atoms with Crippen molar-refractivity contribution in [1.82, 2.24) is 19.7 Å². The lowest BCUT2D eigenvalue weighted by Gasteiger charge is -2.24. The normalized spacial score (nSPS) is 15.1.